The lowest BCUT2D eigenvalue weighted by Crippen LogP contribution is -2.28. The van der Waals surface area contributed by atoms with Gasteiger partial charge in [0.1, 0.15) is 5.76 Å². The van der Waals surface area contributed by atoms with Crippen LogP contribution in [0.1, 0.15) is 10.6 Å². The minimum absolute atomic E-state index is 0.0233. The van der Waals surface area contributed by atoms with Crippen molar-refractivity contribution in [3.63, 3.8) is 0 Å². The smallest absolute Gasteiger partial charge is 0.294 e. The number of amides is 2. The number of furan rings is 2. The van der Waals surface area contributed by atoms with Crippen molar-refractivity contribution in [1.29, 1.82) is 0 Å². The number of hydrogen-bond donors (Lipinski definition) is 1. The van der Waals surface area contributed by atoms with Gasteiger partial charge in [-0.2, -0.15) is 0 Å². The lowest BCUT2D eigenvalue weighted by molar-refractivity contribution is -0.115. The molecule has 0 bridgehead atoms. The molecule has 0 atom stereocenters. The van der Waals surface area contributed by atoms with E-state index in [2.05, 4.69) is 11.9 Å². The number of carbonyl (C=O) groups is 2. The first-order valence-electron chi connectivity index (χ1n) is 4.81. The van der Waals surface area contributed by atoms with E-state index in [0.717, 1.165) is 6.08 Å². The highest BCUT2D eigenvalue weighted by Gasteiger charge is 2.19. The molecule has 86 valence electrons. The highest BCUT2D eigenvalue weighted by Crippen LogP contribution is 2.25. The standard InChI is InChI=1S/C12H9NO4/c1-2-10(14)13-12(15)11-8(5-7-17-11)9-4-3-6-16-9/h2-7H,1H2,(H,13,14,15). The second-order valence-corrected chi connectivity index (χ2v) is 3.16. The zero-order valence-corrected chi connectivity index (χ0v) is 8.80. The van der Waals surface area contributed by atoms with Crippen LogP contribution >= 0.6 is 0 Å². The van der Waals surface area contributed by atoms with Crippen molar-refractivity contribution in [1.82, 2.24) is 5.32 Å². The van der Waals surface area contributed by atoms with Gasteiger partial charge in [0.25, 0.3) is 5.91 Å². The second-order valence-electron chi connectivity index (χ2n) is 3.16. The predicted molar refractivity (Wildman–Crippen MR) is 59.1 cm³/mol. The molecule has 0 aromatic carbocycles. The molecule has 2 aromatic heterocycles. The van der Waals surface area contributed by atoms with Crippen LogP contribution < -0.4 is 5.32 Å². The summed E-state index contributed by atoms with van der Waals surface area (Å²) in [4.78, 5) is 22.7. The molecule has 2 rings (SSSR count). The van der Waals surface area contributed by atoms with Crippen molar-refractivity contribution >= 4 is 11.8 Å². The van der Waals surface area contributed by atoms with Crippen LogP contribution in [-0.2, 0) is 4.79 Å². The Bertz CT molecular complexity index is 551. The van der Waals surface area contributed by atoms with Gasteiger partial charge in [-0.25, -0.2) is 0 Å². The van der Waals surface area contributed by atoms with E-state index < -0.39 is 11.8 Å². The van der Waals surface area contributed by atoms with Gasteiger partial charge in [-0.3, -0.25) is 14.9 Å². The Morgan fingerprint density at radius 1 is 1.24 bits per heavy atom. The number of rotatable bonds is 3. The molecule has 5 nitrogen and oxygen atoms in total. The lowest BCUT2D eigenvalue weighted by Gasteiger charge is -1.99. The molecule has 0 spiro atoms. The van der Waals surface area contributed by atoms with Crippen molar-refractivity contribution in [2.45, 2.75) is 0 Å². The maximum absolute atomic E-state index is 11.7. The summed E-state index contributed by atoms with van der Waals surface area (Å²) in [5, 5.41) is 2.10. The molecule has 1 N–H and O–H groups in total. The maximum Gasteiger partial charge on any atom is 0.294 e. The third-order valence-electron chi connectivity index (χ3n) is 2.08. The molecular weight excluding hydrogens is 222 g/mol. The van der Waals surface area contributed by atoms with Gasteiger partial charge in [0.05, 0.1) is 18.1 Å². The van der Waals surface area contributed by atoms with Crippen LogP contribution in [0, 0.1) is 0 Å². The quantitative estimate of drug-likeness (QED) is 0.820. The molecule has 0 aliphatic heterocycles. The van der Waals surface area contributed by atoms with E-state index >= 15 is 0 Å². The molecule has 2 amide bonds. The molecule has 0 fully saturated rings. The van der Waals surface area contributed by atoms with E-state index in [1.165, 1.54) is 12.5 Å². The van der Waals surface area contributed by atoms with Crippen LogP contribution in [0.2, 0.25) is 0 Å². The van der Waals surface area contributed by atoms with Gasteiger partial charge in [0.15, 0.2) is 0 Å². The summed E-state index contributed by atoms with van der Waals surface area (Å²) in [6.07, 6.45) is 3.84. The Morgan fingerprint density at radius 3 is 2.71 bits per heavy atom. The van der Waals surface area contributed by atoms with Crippen LogP contribution in [0.5, 0.6) is 0 Å². The number of hydrogen-bond acceptors (Lipinski definition) is 4. The van der Waals surface area contributed by atoms with Crippen LogP contribution in [0.25, 0.3) is 11.3 Å². The summed E-state index contributed by atoms with van der Waals surface area (Å²) in [7, 11) is 0. The van der Waals surface area contributed by atoms with Gasteiger partial charge >= 0.3 is 0 Å². The molecule has 0 radical (unpaired) electrons. The largest absolute Gasteiger partial charge is 0.464 e. The van der Waals surface area contributed by atoms with E-state index in [0.29, 0.717) is 11.3 Å². The summed E-state index contributed by atoms with van der Waals surface area (Å²) in [5.74, 6) is -0.701. The van der Waals surface area contributed by atoms with E-state index in [1.54, 1.807) is 18.2 Å². The highest BCUT2D eigenvalue weighted by molar-refractivity contribution is 6.08. The van der Waals surface area contributed by atoms with Gasteiger partial charge < -0.3 is 8.83 Å². The van der Waals surface area contributed by atoms with Crippen LogP contribution in [0.15, 0.2) is 52.2 Å². The van der Waals surface area contributed by atoms with Crippen molar-refractivity contribution in [2.24, 2.45) is 0 Å². The Hall–Kier alpha value is -2.56. The van der Waals surface area contributed by atoms with E-state index in [4.69, 9.17) is 8.83 Å². The highest BCUT2D eigenvalue weighted by atomic mass is 16.4. The van der Waals surface area contributed by atoms with Gasteiger partial charge in [0.2, 0.25) is 11.7 Å². The van der Waals surface area contributed by atoms with Crippen molar-refractivity contribution in [3.8, 4) is 11.3 Å². The Labute approximate surface area is 96.7 Å². The number of imide groups is 1. The van der Waals surface area contributed by atoms with Crippen molar-refractivity contribution < 1.29 is 18.4 Å². The normalized spacial score (nSPS) is 9.88. The summed E-state index contributed by atoms with van der Waals surface area (Å²) in [5.41, 5.74) is 0.490. The Morgan fingerprint density at radius 2 is 2.06 bits per heavy atom. The summed E-state index contributed by atoms with van der Waals surface area (Å²) >= 11 is 0. The topological polar surface area (TPSA) is 72.5 Å². The van der Waals surface area contributed by atoms with Crippen molar-refractivity contribution in [2.75, 3.05) is 0 Å². The lowest BCUT2D eigenvalue weighted by atomic mass is 10.2. The first-order chi connectivity index (χ1) is 8.22. The molecule has 0 unspecified atom stereocenters. The van der Waals surface area contributed by atoms with Gasteiger partial charge in [-0.1, -0.05) is 6.58 Å². The summed E-state index contributed by atoms with van der Waals surface area (Å²) in [6.45, 7) is 3.25. The second kappa shape index (κ2) is 4.52. The Kier molecular flexibility index (Phi) is 2.91. The molecule has 0 aliphatic carbocycles. The average molecular weight is 231 g/mol. The van der Waals surface area contributed by atoms with E-state index in [1.807, 2.05) is 0 Å². The third-order valence-corrected chi connectivity index (χ3v) is 2.08. The van der Waals surface area contributed by atoms with E-state index in [9.17, 15) is 9.59 Å². The maximum atomic E-state index is 11.7. The van der Waals surface area contributed by atoms with Gasteiger partial charge in [-0.05, 0) is 24.3 Å². The number of carbonyl (C=O) groups excluding carboxylic acids is 2. The number of nitrogens with one attached hydrogen (secondary N) is 1. The summed E-state index contributed by atoms with van der Waals surface area (Å²) < 4.78 is 10.2. The minimum atomic E-state index is -0.633. The first kappa shape index (κ1) is 10.9. The van der Waals surface area contributed by atoms with E-state index in [-0.39, 0.29) is 5.76 Å². The third kappa shape index (κ3) is 2.17. The molecule has 2 heterocycles. The first-order valence-corrected chi connectivity index (χ1v) is 4.81. The zero-order chi connectivity index (χ0) is 12.3. The fourth-order valence-corrected chi connectivity index (χ4v) is 1.33. The monoisotopic (exact) mass is 231 g/mol. The fourth-order valence-electron chi connectivity index (χ4n) is 1.33. The molecule has 0 saturated heterocycles. The van der Waals surface area contributed by atoms with Crippen LogP contribution in [0.3, 0.4) is 0 Å². The predicted octanol–water partition coefficient (Wildman–Crippen LogP) is 1.98. The van der Waals surface area contributed by atoms with Gasteiger partial charge in [0, 0.05) is 0 Å². The fraction of sp³-hybridized carbons (Fsp3) is 0. The minimum Gasteiger partial charge on any atom is -0.464 e. The molecule has 17 heavy (non-hydrogen) atoms. The molecular formula is C12H9NO4. The van der Waals surface area contributed by atoms with Crippen LogP contribution in [0.4, 0.5) is 0 Å². The molecule has 0 aliphatic rings. The molecule has 5 heteroatoms. The average Bonchev–Trinajstić information content (AvgIpc) is 2.98. The molecule has 2 aromatic rings. The summed E-state index contributed by atoms with van der Waals surface area (Å²) in [6, 6.07) is 4.97. The van der Waals surface area contributed by atoms with Crippen LogP contribution in [-0.4, -0.2) is 11.8 Å². The SMILES string of the molecule is C=CC(=O)NC(=O)c1occc1-c1ccco1. The van der Waals surface area contributed by atoms with Crippen molar-refractivity contribution in [3.05, 3.63) is 49.1 Å². The zero-order valence-electron chi connectivity index (χ0n) is 8.80. The molecule has 0 saturated carbocycles. The van der Waals surface area contributed by atoms with Gasteiger partial charge in [-0.15, -0.1) is 0 Å². The Balaban J connectivity index is 2.28.